The minimum Gasteiger partial charge on any atom is -0.451 e. The molecule has 26 heavy (non-hydrogen) atoms. The van der Waals surface area contributed by atoms with Crippen molar-refractivity contribution in [1.82, 2.24) is 4.90 Å². The SMILES string of the molecule is CC(OCC1CCCO1)C(=O)OC(C)C(=O)N1CCCC1c1cccs1. The predicted octanol–water partition coefficient (Wildman–Crippen LogP) is 2.93. The molecule has 6 nitrogen and oxygen atoms in total. The van der Waals surface area contributed by atoms with Gasteiger partial charge in [0.05, 0.1) is 18.8 Å². The van der Waals surface area contributed by atoms with Gasteiger partial charge in [0.15, 0.2) is 12.2 Å². The Labute approximate surface area is 158 Å². The Hall–Kier alpha value is -1.44. The van der Waals surface area contributed by atoms with Gasteiger partial charge in [-0.15, -0.1) is 11.3 Å². The van der Waals surface area contributed by atoms with Crippen LogP contribution in [0.3, 0.4) is 0 Å². The number of rotatable bonds is 7. The van der Waals surface area contributed by atoms with Crippen LogP contribution >= 0.6 is 11.3 Å². The summed E-state index contributed by atoms with van der Waals surface area (Å²) in [5, 5.41) is 2.02. The smallest absolute Gasteiger partial charge is 0.335 e. The van der Waals surface area contributed by atoms with E-state index in [1.54, 1.807) is 25.2 Å². The summed E-state index contributed by atoms with van der Waals surface area (Å²) in [5.41, 5.74) is 0. The van der Waals surface area contributed by atoms with Crippen LogP contribution < -0.4 is 0 Å². The fourth-order valence-corrected chi connectivity index (χ4v) is 4.33. The van der Waals surface area contributed by atoms with Gasteiger partial charge in [-0.25, -0.2) is 4.79 Å². The van der Waals surface area contributed by atoms with Gasteiger partial charge in [-0.3, -0.25) is 4.79 Å². The lowest BCUT2D eigenvalue weighted by Crippen LogP contribution is -2.41. The van der Waals surface area contributed by atoms with Crippen molar-refractivity contribution >= 4 is 23.2 Å². The van der Waals surface area contributed by atoms with Gasteiger partial charge in [0.1, 0.15) is 0 Å². The number of amides is 1. The molecule has 0 spiro atoms. The van der Waals surface area contributed by atoms with Gasteiger partial charge in [-0.1, -0.05) is 6.07 Å². The molecule has 2 aliphatic heterocycles. The Balaban J connectivity index is 1.49. The second-order valence-electron chi connectivity index (χ2n) is 6.89. The summed E-state index contributed by atoms with van der Waals surface area (Å²) in [6.07, 6.45) is 2.44. The minimum absolute atomic E-state index is 0.0560. The van der Waals surface area contributed by atoms with Gasteiger partial charge in [0.25, 0.3) is 5.91 Å². The highest BCUT2D eigenvalue weighted by Gasteiger charge is 2.35. The molecule has 1 aromatic rings. The Morgan fingerprint density at radius 1 is 1.31 bits per heavy atom. The van der Waals surface area contributed by atoms with E-state index < -0.39 is 18.2 Å². The predicted molar refractivity (Wildman–Crippen MR) is 97.9 cm³/mol. The standard InChI is InChI=1S/C19H27NO5S/c1-13(25-19(22)14(2)24-12-15-6-4-10-23-15)18(21)20-9-3-7-16(20)17-8-5-11-26-17/h5,8,11,13-16H,3-4,6-7,9-10,12H2,1-2H3. The molecule has 0 saturated carbocycles. The quantitative estimate of drug-likeness (QED) is 0.680. The Morgan fingerprint density at radius 3 is 2.85 bits per heavy atom. The maximum absolute atomic E-state index is 12.8. The first-order valence-corrected chi connectivity index (χ1v) is 10.2. The van der Waals surface area contributed by atoms with Crippen LogP contribution in [0.4, 0.5) is 0 Å². The van der Waals surface area contributed by atoms with Crippen LogP contribution in [0.5, 0.6) is 0 Å². The number of likely N-dealkylation sites (tertiary alicyclic amines) is 1. The molecule has 0 aliphatic carbocycles. The van der Waals surface area contributed by atoms with Gasteiger partial charge in [-0.05, 0) is 51.0 Å². The van der Waals surface area contributed by atoms with Crippen molar-refractivity contribution in [3.05, 3.63) is 22.4 Å². The minimum atomic E-state index is -0.808. The number of esters is 1. The molecule has 0 radical (unpaired) electrons. The van der Waals surface area contributed by atoms with E-state index in [0.717, 1.165) is 32.3 Å². The number of carbonyl (C=O) groups is 2. The van der Waals surface area contributed by atoms with E-state index in [1.165, 1.54) is 4.88 Å². The fraction of sp³-hybridized carbons (Fsp3) is 0.684. The molecule has 3 heterocycles. The molecule has 4 atom stereocenters. The van der Waals surface area contributed by atoms with Crippen molar-refractivity contribution in [2.75, 3.05) is 19.8 Å². The first-order valence-electron chi connectivity index (χ1n) is 9.34. The summed E-state index contributed by atoms with van der Waals surface area (Å²) in [6, 6.07) is 4.15. The lowest BCUT2D eigenvalue weighted by atomic mass is 10.2. The third-order valence-electron chi connectivity index (χ3n) is 4.94. The van der Waals surface area contributed by atoms with Crippen molar-refractivity contribution in [2.24, 2.45) is 0 Å². The third kappa shape index (κ3) is 4.64. The number of nitrogens with zero attached hydrogens (tertiary/aromatic N) is 1. The maximum Gasteiger partial charge on any atom is 0.335 e. The van der Waals surface area contributed by atoms with Crippen LogP contribution in [0.2, 0.25) is 0 Å². The summed E-state index contributed by atoms with van der Waals surface area (Å²) >= 11 is 1.66. The first kappa shape index (κ1) is 19.3. The van der Waals surface area contributed by atoms with Crippen LogP contribution in [0.1, 0.15) is 50.4 Å². The van der Waals surface area contributed by atoms with Gasteiger partial charge in [-0.2, -0.15) is 0 Å². The second kappa shape index (κ2) is 8.97. The molecular formula is C19H27NO5S. The number of carbonyl (C=O) groups excluding carboxylic acids is 2. The fourth-order valence-electron chi connectivity index (χ4n) is 3.46. The Morgan fingerprint density at radius 2 is 2.15 bits per heavy atom. The molecule has 2 aliphatic rings. The molecule has 0 N–H and O–H groups in total. The van der Waals surface area contributed by atoms with Crippen LogP contribution in [-0.2, 0) is 23.8 Å². The highest BCUT2D eigenvalue weighted by atomic mass is 32.1. The largest absolute Gasteiger partial charge is 0.451 e. The average molecular weight is 381 g/mol. The zero-order valence-corrected chi connectivity index (χ0v) is 16.2. The van der Waals surface area contributed by atoms with Gasteiger partial charge >= 0.3 is 5.97 Å². The molecule has 2 saturated heterocycles. The second-order valence-corrected chi connectivity index (χ2v) is 7.87. The molecular weight excluding hydrogens is 354 g/mol. The molecule has 7 heteroatoms. The van der Waals surface area contributed by atoms with Gasteiger partial charge in [0.2, 0.25) is 0 Å². The van der Waals surface area contributed by atoms with Crippen molar-refractivity contribution < 1.29 is 23.8 Å². The van der Waals surface area contributed by atoms with Crippen LogP contribution in [0, 0.1) is 0 Å². The van der Waals surface area contributed by atoms with Crippen molar-refractivity contribution in [3.63, 3.8) is 0 Å². The van der Waals surface area contributed by atoms with E-state index in [-0.39, 0.29) is 18.1 Å². The summed E-state index contributed by atoms with van der Waals surface area (Å²) in [4.78, 5) is 28.0. The topological polar surface area (TPSA) is 65.1 Å². The van der Waals surface area contributed by atoms with E-state index in [0.29, 0.717) is 13.2 Å². The highest BCUT2D eigenvalue weighted by Crippen LogP contribution is 2.35. The molecule has 0 bridgehead atoms. The van der Waals surface area contributed by atoms with Crippen molar-refractivity contribution in [1.29, 1.82) is 0 Å². The molecule has 2 fully saturated rings. The normalized spacial score (nSPS) is 25.2. The number of thiophene rings is 1. The van der Waals surface area contributed by atoms with Crippen molar-refractivity contribution in [3.8, 4) is 0 Å². The van der Waals surface area contributed by atoms with E-state index in [1.807, 2.05) is 16.3 Å². The summed E-state index contributed by atoms with van der Waals surface area (Å²) in [7, 11) is 0. The van der Waals surface area contributed by atoms with Gasteiger partial charge < -0.3 is 19.1 Å². The molecule has 3 rings (SSSR count). The Kier molecular flexibility index (Phi) is 6.67. The summed E-state index contributed by atoms with van der Waals surface area (Å²) in [6.45, 7) is 5.12. The van der Waals surface area contributed by atoms with Gasteiger partial charge in [0, 0.05) is 18.0 Å². The summed E-state index contributed by atoms with van der Waals surface area (Å²) in [5.74, 6) is -0.642. The zero-order valence-electron chi connectivity index (χ0n) is 15.4. The monoisotopic (exact) mass is 381 g/mol. The van der Waals surface area contributed by atoms with Crippen LogP contribution in [0.25, 0.3) is 0 Å². The van der Waals surface area contributed by atoms with E-state index in [4.69, 9.17) is 14.2 Å². The number of hydrogen-bond donors (Lipinski definition) is 0. The lowest BCUT2D eigenvalue weighted by Gasteiger charge is -2.27. The lowest BCUT2D eigenvalue weighted by molar-refractivity contribution is -0.169. The van der Waals surface area contributed by atoms with Crippen LogP contribution in [0.15, 0.2) is 17.5 Å². The van der Waals surface area contributed by atoms with Crippen LogP contribution in [-0.4, -0.2) is 54.8 Å². The first-order chi connectivity index (χ1) is 12.6. The summed E-state index contributed by atoms with van der Waals surface area (Å²) < 4.78 is 16.4. The Bertz CT molecular complexity index is 599. The molecule has 1 amide bonds. The highest BCUT2D eigenvalue weighted by molar-refractivity contribution is 7.10. The average Bonchev–Trinajstić information content (AvgIpc) is 3.40. The zero-order chi connectivity index (χ0) is 18.5. The molecule has 144 valence electrons. The van der Waals surface area contributed by atoms with Crippen molar-refractivity contribution in [2.45, 2.75) is 63.9 Å². The maximum atomic E-state index is 12.8. The number of ether oxygens (including phenoxy) is 3. The number of hydrogen-bond acceptors (Lipinski definition) is 6. The molecule has 0 aromatic carbocycles. The molecule has 4 unspecified atom stereocenters. The van der Waals surface area contributed by atoms with E-state index in [9.17, 15) is 9.59 Å². The third-order valence-corrected chi connectivity index (χ3v) is 5.91. The van der Waals surface area contributed by atoms with E-state index >= 15 is 0 Å². The molecule has 1 aromatic heterocycles. The van der Waals surface area contributed by atoms with E-state index in [2.05, 4.69) is 6.07 Å².